The minimum atomic E-state index is 0.127. The molecule has 1 aromatic heterocycles. The van der Waals surface area contributed by atoms with E-state index in [0.29, 0.717) is 11.8 Å². The van der Waals surface area contributed by atoms with Gasteiger partial charge in [-0.25, -0.2) is 9.99 Å². The Morgan fingerprint density at radius 1 is 1.22 bits per heavy atom. The van der Waals surface area contributed by atoms with Crippen molar-refractivity contribution in [2.24, 2.45) is 0 Å². The third kappa shape index (κ3) is 3.84. The molecule has 1 aliphatic rings. The molecule has 2 rings (SSSR count). The number of aromatic nitrogens is 2. The van der Waals surface area contributed by atoms with Crippen LogP contribution in [0.25, 0.3) is 0 Å². The van der Waals surface area contributed by atoms with Crippen molar-refractivity contribution in [2.75, 3.05) is 18.5 Å². The van der Waals surface area contributed by atoms with Crippen molar-refractivity contribution in [3.05, 3.63) is 11.8 Å². The molecule has 1 aromatic rings. The summed E-state index contributed by atoms with van der Waals surface area (Å²) >= 11 is 0. The van der Waals surface area contributed by atoms with Crippen LogP contribution in [-0.4, -0.2) is 34.2 Å². The zero-order valence-corrected chi connectivity index (χ0v) is 11.4. The molecule has 5 nitrogen and oxygen atoms in total. The van der Waals surface area contributed by atoms with Crippen LogP contribution in [0.15, 0.2) is 6.07 Å². The van der Waals surface area contributed by atoms with Crippen LogP contribution in [0.1, 0.15) is 38.8 Å². The maximum absolute atomic E-state index is 5.62. The van der Waals surface area contributed by atoms with Gasteiger partial charge in [0.1, 0.15) is 0 Å². The van der Waals surface area contributed by atoms with Crippen molar-refractivity contribution in [1.82, 2.24) is 15.0 Å². The zero-order chi connectivity index (χ0) is 13.0. The Morgan fingerprint density at radius 3 is 2.61 bits per heavy atom. The molecule has 1 aliphatic heterocycles. The van der Waals surface area contributed by atoms with Gasteiger partial charge in [0.15, 0.2) is 0 Å². The predicted molar refractivity (Wildman–Crippen MR) is 71.6 cm³/mol. The first-order valence-electron chi connectivity index (χ1n) is 6.67. The summed E-state index contributed by atoms with van der Waals surface area (Å²) in [7, 11) is 0. The van der Waals surface area contributed by atoms with Gasteiger partial charge in [0.05, 0.1) is 6.10 Å². The normalized spacial score (nSPS) is 16.9. The van der Waals surface area contributed by atoms with Gasteiger partial charge >= 0.3 is 0 Å². The minimum absolute atomic E-state index is 0.127. The lowest BCUT2D eigenvalue weighted by molar-refractivity contribution is 0.231. The molecule has 0 spiro atoms. The topological polar surface area (TPSA) is 50.3 Å². The highest BCUT2D eigenvalue weighted by Crippen LogP contribution is 2.15. The molecule has 0 radical (unpaired) electrons. The first kappa shape index (κ1) is 13.1. The van der Waals surface area contributed by atoms with E-state index in [0.717, 1.165) is 18.8 Å². The molecule has 0 unspecified atom stereocenters. The van der Waals surface area contributed by atoms with Crippen LogP contribution >= 0.6 is 0 Å². The second-order valence-corrected chi connectivity index (χ2v) is 5.00. The Bertz CT molecular complexity index is 389. The molecular formula is C13H22N4O. The molecule has 100 valence electrons. The summed E-state index contributed by atoms with van der Waals surface area (Å²) in [6.07, 6.45) is 3.90. The van der Waals surface area contributed by atoms with E-state index in [1.54, 1.807) is 0 Å². The average Bonchev–Trinajstić information content (AvgIpc) is 2.28. The number of nitrogens with zero attached hydrogens (tertiary/aromatic N) is 3. The van der Waals surface area contributed by atoms with E-state index in [1.807, 2.05) is 26.8 Å². The first-order valence-corrected chi connectivity index (χ1v) is 6.67. The van der Waals surface area contributed by atoms with Crippen molar-refractivity contribution in [3.63, 3.8) is 0 Å². The highest BCUT2D eigenvalue weighted by molar-refractivity contribution is 5.29. The predicted octanol–water partition coefficient (Wildman–Crippen LogP) is 2.39. The second kappa shape index (κ2) is 6.00. The quantitative estimate of drug-likeness (QED) is 0.889. The molecule has 0 bridgehead atoms. The highest BCUT2D eigenvalue weighted by Gasteiger charge is 2.12. The Labute approximate surface area is 109 Å². The Kier molecular flexibility index (Phi) is 4.36. The highest BCUT2D eigenvalue weighted by atomic mass is 16.5. The van der Waals surface area contributed by atoms with E-state index in [9.17, 15) is 0 Å². The van der Waals surface area contributed by atoms with E-state index in [-0.39, 0.29) is 6.10 Å². The Morgan fingerprint density at radius 2 is 1.94 bits per heavy atom. The lowest BCUT2D eigenvalue weighted by Gasteiger charge is -2.26. The summed E-state index contributed by atoms with van der Waals surface area (Å²) in [5.41, 5.74) is 4.18. The lowest BCUT2D eigenvalue weighted by Crippen LogP contribution is -2.35. The van der Waals surface area contributed by atoms with Gasteiger partial charge < -0.3 is 4.74 Å². The summed E-state index contributed by atoms with van der Waals surface area (Å²) in [6, 6.07) is 1.86. The lowest BCUT2D eigenvalue weighted by atomic mass is 10.2. The molecule has 18 heavy (non-hydrogen) atoms. The van der Waals surface area contributed by atoms with E-state index in [4.69, 9.17) is 4.74 Å². The van der Waals surface area contributed by atoms with Gasteiger partial charge in [-0.3, -0.25) is 5.43 Å². The molecule has 0 saturated carbocycles. The van der Waals surface area contributed by atoms with Crippen molar-refractivity contribution >= 4 is 5.95 Å². The molecule has 1 fully saturated rings. The Balaban J connectivity index is 2.04. The molecular weight excluding hydrogens is 228 g/mol. The molecule has 2 heterocycles. The van der Waals surface area contributed by atoms with Crippen molar-refractivity contribution in [2.45, 2.75) is 46.1 Å². The van der Waals surface area contributed by atoms with Gasteiger partial charge in [0.25, 0.3) is 0 Å². The molecule has 0 amide bonds. The minimum Gasteiger partial charge on any atom is -0.475 e. The summed E-state index contributed by atoms with van der Waals surface area (Å²) in [5, 5.41) is 2.18. The van der Waals surface area contributed by atoms with Crippen molar-refractivity contribution in [1.29, 1.82) is 0 Å². The van der Waals surface area contributed by atoms with Crippen LogP contribution in [0.4, 0.5) is 5.95 Å². The van der Waals surface area contributed by atoms with E-state index in [2.05, 4.69) is 20.4 Å². The van der Waals surface area contributed by atoms with Gasteiger partial charge in [0, 0.05) is 24.8 Å². The van der Waals surface area contributed by atoms with Gasteiger partial charge in [-0.1, -0.05) is 6.42 Å². The second-order valence-electron chi connectivity index (χ2n) is 5.00. The molecule has 5 heteroatoms. The van der Waals surface area contributed by atoms with Crippen molar-refractivity contribution in [3.8, 4) is 5.88 Å². The number of anilines is 1. The van der Waals surface area contributed by atoms with Crippen LogP contribution in [0, 0.1) is 6.92 Å². The average molecular weight is 250 g/mol. The Hall–Kier alpha value is -1.36. The number of piperidine rings is 1. The number of hydrogen-bond donors (Lipinski definition) is 1. The number of aryl methyl sites for hydroxylation is 1. The third-order valence-corrected chi connectivity index (χ3v) is 2.80. The van der Waals surface area contributed by atoms with Crippen LogP contribution in [0.5, 0.6) is 5.88 Å². The molecule has 0 aromatic carbocycles. The fraction of sp³-hybridized carbons (Fsp3) is 0.692. The first-order chi connectivity index (χ1) is 8.63. The SMILES string of the molecule is Cc1cc(OC(C)C)nc(NN2CCCCC2)n1. The fourth-order valence-corrected chi connectivity index (χ4v) is 2.04. The molecule has 1 saturated heterocycles. The largest absolute Gasteiger partial charge is 0.475 e. The number of nitrogens with one attached hydrogen (secondary N) is 1. The molecule has 1 N–H and O–H groups in total. The van der Waals surface area contributed by atoms with E-state index in [1.165, 1.54) is 19.3 Å². The summed E-state index contributed by atoms with van der Waals surface area (Å²) < 4.78 is 5.62. The van der Waals surface area contributed by atoms with Gasteiger partial charge in [-0.2, -0.15) is 4.98 Å². The van der Waals surface area contributed by atoms with Crippen LogP contribution < -0.4 is 10.2 Å². The van der Waals surface area contributed by atoms with Crippen molar-refractivity contribution < 1.29 is 4.74 Å². The molecule has 0 atom stereocenters. The van der Waals surface area contributed by atoms with Crippen LogP contribution in [0.3, 0.4) is 0 Å². The monoisotopic (exact) mass is 250 g/mol. The standard InChI is InChI=1S/C13H22N4O/c1-10(2)18-12-9-11(3)14-13(15-12)16-17-7-5-4-6-8-17/h9-10H,4-8H2,1-3H3,(H,14,15,16). The van der Waals surface area contributed by atoms with E-state index < -0.39 is 0 Å². The number of ether oxygens (including phenoxy) is 1. The van der Waals surface area contributed by atoms with Crippen LogP contribution in [-0.2, 0) is 0 Å². The fourth-order valence-electron chi connectivity index (χ4n) is 2.04. The number of hydrazine groups is 1. The zero-order valence-electron chi connectivity index (χ0n) is 11.4. The smallest absolute Gasteiger partial charge is 0.241 e. The maximum atomic E-state index is 5.62. The number of rotatable bonds is 4. The molecule has 0 aliphatic carbocycles. The summed E-state index contributed by atoms with van der Waals surface area (Å²) in [4.78, 5) is 8.77. The van der Waals surface area contributed by atoms with E-state index >= 15 is 0 Å². The maximum Gasteiger partial charge on any atom is 0.241 e. The summed E-state index contributed by atoms with van der Waals surface area (Å²) in [5.74, 6) is 1.27. The third-order valence-electron chi connectivity index (χ3n) is 2.80. The number of hydrogen-bond acceptors (Lipinski definition) is 5. The van der Waals surface area contributed by atoms with Gasteiger partial charge in [-0.05, 0) is 33.6 Å². The summed E-state index contributed by atoms with van der Waals surface area (Å²) in [6.45, 7) is 8.05. The van der Waals surface area contributed by atoms with Gasteiger partial charge in [-0.15, -0.1) is 0 Å². The van der Waals surface area contributed by atoms with Gasteiger partial charge in [0.2, 0.25) is 11.8 Å². The van der Waals surface area contributed by atoms with Crippen LogP contribution in [0.2, 0.25) is 0 Å².